The van der Waals surface area contributed by atoms with Gasteiger partial charge in [-0.3, -0.25) is 4.98 Å². The highest BCUT2D eigenvalue weighted by Gasteiger charge is 2.28. The largest absolute Gasteiger partial charge is 0.364 e. The Labute approximate surface area is 157 Å². The first kappa shape index (κ1) is 16.0. The third-order valence-corrected chi connectivity index (χ3v) is 6.06. The van der Waals surface area contributed by atoms with Crippen LogP contribution >= 0.6 is 11.3 Å². The maximum atomic E-state index is 5.00. The molecule has 3 aromatic rings. The van der Waals surface area contributed by atoms with E-state index in [1.807, 2.05) is 29.9 Å². The number of thiazole rings is 1. The fourth-order valence-electron chi connectivity index (χ4n) is 3.78. The predicted octanol–water partition coefficient (Wildman–Crippen LogP) is 4.12. The Hall–Kier alpha value is -2.21. The van der Waals surface area contributed by atoms with Crippen LogP contribution in [0.1, 0.15) is 30.6 Å². The SMILES string of the molecule is c1ccc2nc(N3CCCC(Cc4cncs4)C3)c(NC3CC3)nc2c1. The molecule has 6 heteroatoms. The Morgan fingerprint density at radius 2 is 1.96 bits per heavy atom. The Morgan fingerprint density at radius 3 is 2.73 bits per heavy atom. The van der Waals surface area contributed by atoms with E-state index in [9.17, 15) is 0 Å². The predicted molar refractivity (Wildman–Crippen MR) is 107 cm³/mol. The number of nitrogens with zero attached hydrogens (tertiary/aromatic N) is 4. The molecule has 2 aromatic heterocycles. The summed E-state index contributed by atoms with van der Waals surface area (Å²) in [4.78, 5) is 18.0. The lowest BCUT2D eigenvalue weighted by atomic mass is 9.94. The van der Waals surface area contributed by atoms with Crippen molar-refractivity contribution in [2.24, 2.45) is 5.92 Å². The van der Waals surface area contributed by atoms with Crippen LogP contribution < -0.4 is 10.2 Å². The lowest BCUT2D eigenvalue weighted by molar-refractivity contribution is 0.413. The van der Waals surface area contributed by atoms with Gasteiger partial charge in [-0.05, 0) is 50.2 Å². The molecule has 1 aromatic carbocycles. The summed E-state index contributed by atoms with van der Waals surface area (Å²) in [6, 6.07) is 8.75. The van der Waals surface area contributed by atoms with E-state index >= 15 is 0 Å². The summed E-state index contributed by atoms with van der Waals surface area (Å²) < 4.78 is 0. The van der Waals surface area contributed by atoms with E-state index < -0.39 is 0 Å². The molecule has 2 fully saturated rings. The monoisotopic (exact) mass is 365 g/mol. The van der Waals surface area contributed by atoms with Gasteiger partial charge in [-0.15, -0.1) is 11.3 Å². The molecule has 0 amide bonds. The molecule has 1 aliphatic heterocycles. The fourth-order valence-corrected chi connectivity index (χ4v) is 4.49. The van der Waals surface area contributed by atoms with Crippen LogP contribution in [0.4, 0.5) is 11.6 Å². The van der Waals surface area contributed by atoms with Crippen LogP contribution in [-0.4, -0.2) is 34.1 Å². The van der Waals surface area contributed by atoms with E-state index in [1.165, 1.54) is 30.6 Å². The van der Waals surface area contributed by atoms with E-state index in [4.69, 9.17) is 9.97 Å². The van der Waals surface area contributed by atoms with Gasteiger partial charge in [0.15, 0.2) is 11.6 Å². The Kier molecular flexibility index (Phi) is 4.21. The first-order chi connectivity index (χ1) is 12.8. The molecular weight excluding hydrogens is 342 g/mol. The minimum absolute atomic E-state index is 0.571. The molecule has 134 valence electrons. The zero-order valence-corrected chi connectivity index (χ0v) is 15.6. The van der Waals surface area contributed by atoms with E-state index in [-0.39, 0.29) is 0 Å². The maximum absolute atomic E-state index is 5.00. The number of benzene rings is 1. The maximum Gasteiger partial charge on any atom is 0.172 e. The molecule has 1 N–H and O–H groups in total. The molecule has 0 bridgehead atoms. The van der Waals surface area contributed by atoms with Crippen LogP contribution in [0.2, 0.25) is 0 Å². The van der Waals surface area contributed by atoms with Crippen molar-refractivity contribution in [1.82, 2.24) is 15.0 Å². The standard InChI is InChI=1S/C20H23N5S/c1-2-6-18-17(5-1)23-19(22-15-7-8-15)20(24-18)25-9-3-4-14(12-25)10-16-11-21-13-26-16/h1-2,5-6,11,13-15H,3-4,7-10,12H2,(H,22,23). The van der Waals surface area contributed by atoms with E-state index in [2.05, 4.69) is 21.3 Å². The van der Waals surface area contributed by atoms with Gasteiger partial charge in [0.05, 0.1) is 16.5 Å². The van der Waals surface area contributed by atoms with Gasteiger partial charge in [0, 0.05) is 30.2 Å². The Bertz CT molecular complexity index is 890. The zero-order valence-electron chi connectivity index (χ0n) is 14.8. The molecule has 1 atom stereocenters. The number of piperidine rings is 1. The lowest BCUT2D eigenvalue weighted by Crippen LogP contribution is -2.37. The van der Waals surface area contributed by atoms with Crippen molar-refractivity contribution < 1.29 is 0 Å². The minimum atomic E-state index is 0.571. The van der Waals surface area contributed by atoms with Crippen LogP contribution in [0, 0.1) is 5.92 Å². The number of para-hydroxylation sites is 2. The number of rotatable bonds is 5. The quantitative estimate of drug-likeness (QED) is 0.737. The molecule has 3 heterocycles. The van der Waals surface area contributed by atoms with Crippen molar-refractivity contribution in [2.45, 2.75) is 38.1 Å². The average Bonchev–Trinajstić information content (AvgIpc) is 3.34. The lowest BCUT2D eigenvalue weighted by Gasteiger charge is -2.34. The zero-order chi connectivity index (χ0) is 17.3. The van der Waals surface area contributed by atoms with Crippen LogP contribution in [0.5, 0.6) is 0 Å². The molecule has 2 aliphatic rings. The first-order valence-electron chi connectivity index (χ1n) is 9.51. The minimum Gasteiger partial charge on any atom is -0.364 e. The highest BCUT2D eigenvalue weighted by Crippen LogP contribution is 2.33. The van der Waals surface area contributed by atoms with Crippen LogP contribution in [0.3, 0.4) is 0 Å². The van der Waals surface area contributed by atoms with Crippen LogP contribution in [-0.2, 0) is 6.42 Å². The number of hydrogen-bond donors (Lipinski definition) is 1. The van der Waals surface area contributed by atoms with Gasteiger partial charge < -0.3 is 10.2 Å². The molecular formula is C20H23N5S. The second kappa shape index (κ2) is 6.83. The summed E-state index contributed by atoms with van der Waals surface area (Å²) in [5.74, 6) is 2.65. The topological polar surface area (TPSA) is 53.9 Å². The first-order valence-corrected chi connectivity index (χ1v) is 10.4. The normalized spacial score (nSPS) is 20.5. The summed E-state index contributed by atoms with van der Waals surface area (Å²) in [6.45, 7) is 2.11. The van der Waals surface area contributed by atoms with Gasteiger partial charge >= 0.3 is 0 Å². The van der Waals surface area contributed by atoms with Crippen LogP contribution in [0.15, 0.2) is 36.0 Å². The molecule has 1 aliphatic carbocycles. The molecule has 5 rings (SSSR count). The van der Waals surface area contributed by atoms with E-state index in [0.717, 1.165) is 42.2 Å². The molecule has 26 heavy (non-hydrogen) atoms. The smallest absolute Gasteiger partial charge is 0.172 e. The summed E-state index contributed by atoms with van der Waals surface area (Å²) in [6.07, 6.45) is 8.10. The highest BCUT2D eigenvalue weighted by atomic mass is 32.1. The third-order valence-electron chi connectivity index (χ3n) is 5.26. The molecule has 5 nitrogen and oxygen atoms in total. The van der Waals surface area contributed by atoms with Crippen molar-refractivity contribution >= 4 is 34.0 Å². The van der Waals surface area contributed by atoms with Crippen LogP contribution in [0.25, 0.3) is 11.0 Å². The fraction of sp³-hybridized carbons (Fsp3) is 0.450. The van der Waals surface area contributed by atoms with Crippen molar-refractivity contribution in [3.05, 3.63) is 40.8 Å². The molecule has 0 spiro atoms. The van der Waals surface area contributed by atoms with Gasteiger partial charge in [0.25, 0.3) is 0 Å². The highest BCUT2D eigenvalue weighted by molar-refractivity contribution is 7.09. The molecule has 1 saturated carbocycles. The van der Waals surface area contributed by atoms with Gasteiger partial charge in [-0.2, -0.15) is 0 Å². The molecule has 0 radical (unpaired) electrons. The van der Waals surface area contributed by atoms with Crippen molar-refractivity contribution in [3.8, 4) is 0 Å². The summed E-state index contributed by atoms with van der Waals surface area (Å²) in [5, 5.41) is 3.61. The van der Waals surface area contributed by atoms with Crippen molar-refractivity contribution in [3.63, 3.8) is 0 Å². The average molecular weight is 366 g/mol. The number of fused-ring (bicyclic) bond motifs is 1. The summed E-state index contributed by atoms with van der Waals surface area (Å²) in [5.41, 5.74) is 3.88. The molecule has 1 unspecified atom stereocenters. The summed E-state index contributed by atoms with van der Waals surface area (Å²) in [7, 11) is 0. The van der Waals surface area contributed by atoms with Gasteiger partial charge in [-0.1, -0.05) is 12.1 Å². The number of nitrogens with one attached hydrogen (secondary N) is 1. The van der Waals surface area contributed by atoms with Crippen molar-refractivity contribution in [1.29, 1.82) is 0 Å². The van der Waals surface area contributed by atoms with Gasteiger partial charge in [-0.25, -0.2) is 9.97 Å². The molecule has 1 saturated heterocycles. The van der Waals surface area contributed by atoms with E-state index in [0.29, 0.717) is 12.0 Å². The Balaban J connectivity index is 1.44. The second-order valence-electron chi connectivity index (χ2n) is 7.43. The second-order valence-corrected chi connectivity index (χ2v) is 8.40. The van der Waals surface area contributed by atoms with Gasteiger partial charge in [0.2, 0.25) is 0 Å². The van der Waals surface area contributed by atoms with Gasteiger partial charge in [0.1, 0.15) is 0 Å². The third kappa shape index (κ3) is 3.38. The number of anilines is 2. The number of hydrogen-bond acceptors (Lipinski definition) is 6. The summed E-state index contributed by atoms with van der Waals surface area (Å²) >= 11 is 1.77. The van der Waals surface area contributed by atoms with E-state index in [1.54, 1.807) is 11.3 Å². The van der Waals surface area contributed by atoms with Crippen molar-refractivity contribution in [2.75, 3.05) is 23.3 Å². The Morgan fingerprint density at radius 1 is 1.12 bits per heavy atom. The number of aromatic nitrogens is 3.